The van der Waals surface area contributed by atoms with Crippen LogP contribution in [-0.2, 0) is 13.0 Å². The summed E-state index contributed by atoms with van der Waals surface area (Å²) in [6.45, 7) is 2.70. The Labute approximate surface area is 133 Å². The third-order valence-electron chi connectivity index (χ3n) is 3.45. The molecule has 0 aliphatic heterocycles. The van der Waals surface area contributed by atoms with E-state index in [0.29, 0.717) is 5.02 Å². The number of pyridine rings is 1. The average molecular weight is 320 g/mol. The number of hydrogen-bond acceptors (Lipinski definition) is 2. The lowest BCUT2D eigenvalue weighted by atomic mass is 10.2. The van der Waals surface area contributed by atoms with Crippen molar-refractivity contribution in [3.05, 3.63) is 59.1 Å². The summed E-state index contributed by atoms with van der Waals surface area (Å²) >= 11 is 12.6. The van der Waals surface area contributed by atoms with Gasteiger partial charge in [0.25, 0.3) is 0 Å². The summed E-state index contributed by atoms with van der Waals surface area (Å²) in [6.07, 6.45) is 4.52. The Bertz CT molecular complexity index is 751. The molecule has 0 bridgehead atoms. The predicted molar refractivity (Wildman–Crippen MR) is 87.0 cm³/mol. The van der Waals surface area contributed by atoms with Crippen LogP contribution in [0.25, 0.3) is 11.0 Å². The number of fused-ring (bicyclic) bond motifs is 1. The first-order valence-electron chi connectivity index (χ1n) is 6.84. The Hall–Kier alpha value is -1.58. The third kappa shape index (κ3) is 2.89. The van der Waals surface area contributed by atoms with Gasteiger partial charge < -0.3 is 4.57 Å². The number of imidazole rings is 1. The van der Waals surface area contributed by atoms with Crippen molar-refractivity contribution < 1.29 is 0 Å². The molecule has 0 saturated carbocycles. The van der Waals surface area contributed by atoms with Crippen LogP contribution in [0.3, 0.4) is 0 Å². The highest BCUT2D eigenvalue weighted by molar-refractivity contribution is 6.35. The fourth-order valence-electron chi connectivity index (χ4n) is 2.48. The Morgan fingerprint density at radius 3 is 2.81 bits per heavy atom. The number of para-hydroxylation sites is 1. The van der Waals surface area contributed by atoms with Gasteiger partial charge in [-0.25, -0.2) is 4.98 Å². The van der Waals surface area contributed by atoms with Crippen molar-refractivity contribution in [2.24, 2.45) is 0 Å². The number of hydrogen-bond donors (Lipinski definition) is 0. The Morgan fingerprint density at radius 2 is 2.10 bits per heavy atom. The zero-order chi connectivity index (χ0) is 14.8. The van der Waals surface area contributed by atoms with E-state index in [1.54, 1.807) is 6.20 Å². The zero-order valence-corrected chi connectivity index (χ0v) is 13.1. The number of nitrogens with zero attached hydrogens (tertiary/aromatic N) is 3. The Balaban J connectivity index is 2.01. The Morgan fingerprint density at radius 1 is 1.24 bits per heavy atom. The van der Waals surface area contributed by atoms with E-state index in [1.807, 2.05) is 37.4 Å². The highest BCUT2D eigenvalue weighted by Gasteiger charge is 2.16. The van der Waals surface area contributed by atoms with Gasteiger partial charge in [-0.05, 0) is 37.1 Å². The molecule has 0 amide bonds. The fourth-order valence-corrected chi connectivity index (χ4v) is 2.91. The summed E-state index contributed by atoms with van der Waals surface area (Å²) in [6, 6.07) is 9.77. The molecular formula is C16H15Cl2N3. The lowest BCUT2D eigenvalue weighted by Gasteiger charge is -2.11. The van der Waals surface area contributed by atoms with E-state index >= 15 is 0 Å². The van der Waals surface area contributed by atoms with Gasteiger partial charge in [-0.1, -0.05) is 23.7 Å². The van der Waals surface area contributed by atoms with Gasteiger partial charge in [0.15, 0.2) is 0 Å². The molecule has 0 spiro atoms. The topological polar surface area (TPSA) is 30.7 Å². The normalized spacial score (nSPS) is 12.7. The van der Waals surface area contributed by atoms with Crippen LogP contribution in [0, 0.1) is 0 Å². The van der Waals surface area contributed by atoms with Gasteiger partial charge in [-0.2, -0.15) is 0 Å². The first-order chi connectivity index (χ1) is 10.2. The third-order valence-corrected chi connectivity index (χ3v) is 3.95. The smallest absolute Gasteiger partial charge is 0.127 e. The van der Waals surface area contributed by atoms with E-state index in [9.17, 15) is 0 Å². The largest absolute Gasteiger partial charge is 0.325 e. The van der Waals surface area contributed by atoms with Gasteiger partial charge >= 0.3 is 0 Å². The van der Waals surface area contributed by atoms with Crippen LogP contribution in [0.5, 0.6) is 0 Å². The summed E-state index contributed by atoms with van der Waals surface area (Å²) in [5.41, 5.74) is 3.02. The number of aryl methyl sites for hydroxylation is 2. The minimum Gasteiger partial charge on any atom is -0.325 e. The summed E-state index contributed by atoms with van der Waals surface area (Å²) in [5.74, 6) is 0.851. The minimum atomic E-state index is -0.164. The molecule has 1 aromatic carbocycles. The molecule has 0 aliphatic carbocycles. The van der Waals surface area contributed by atoms with Gasteiger partial charge in [-0.15, -0.1) is 11.6 Å². The maximum Gasteiger partial charge on any atom is 0.127 e. The molecule has 3 aromatic rings. The minimum absolute atomic E-state index is 0.164. The van der Waals surface area contributed by atoms with Crippen LogP contribution in [0.15, 0.2) is 42.7 Å². The van der Waals surface area contributed by atoms with Crippen molar-refractivity contribution >= 4 is 34.2 Å². The molecule has 0 N–H and O–H groups in total. The monoisotopic (exact) mass is 319 g/mol. The first-order valence-corrected chi connectivity index (χ1v) is 7.66. The number of halogens is 2. The molecular weight excluding hydrogens is 305 g/mol. The Kier molecular flexibility index (Phi) is 4.13. The number of alkyl halides is 1. The second-order valence-corrected chi connectivity index (χ2v) is 6.02. The van der Waals surface area contributed by atoms with Crippen molar-refractivity contribution in [2.75, 3.05) is 0 Å². The molecule has 1 unspecified atom stereocenters. The van der Waals surface area contributed by atoms with Crippen molar-refractivity contribution in [3.8, 4) is 0 Å². The van der Waals surface area contributed by atoms with E-state index in [1.165, 1.54) is 5.56 Å². The predicted octanol–water partition coefficient (Wildman–Crippen LogP) is 4.63. The van der Waals surface area contributed by atoms with E-state index in [0.717, 1.165) is 29.8 Å². The summed E-state index contributed by atoms with van der Waals surface area (Å²) in [7, 11) is 0. The number of aromatic nitrogens is 3. The van der Waals surface area contributed by atoms with Crippen LogP contribution in [0.4, 0.5) is 0 Å². The SMILES string of the molecule is CC(Cl)c1nc2cccc(Cl)c2n1CCc1cccnc1. The van der Waals surface area contributed by atoms with Gasteiger partial charge in [0.1, 0.15) is 5.82 Å². The van der Waals surface area contributed by atoms with Crippen LogP contribution in [0.1, 0.15) is 23.7 Å². The second kappa shape index (κ2) is 6.04. The zero-order valence-electron chi connectivity index (χ0n) is 11.6. The van der Waals surface area contributed by atoms with Crippen molar-refractivity contribution in [1.82, 2.24) is 14.5 Å². The molecule has 3 nitrogen and oxygen atoms in total. The maximum absolute atomic E-state index is 6.35. The molecule has 2 heterocycles. The summed E-state index contributed by atoms with van der Waals surface area (Å²) in [5, 5.41) is 0.539. The molecule has 1 atom stereocenters. The second-order valence-electron chi connectivity index (χ2n) is 4.96. The van der Waals surface area contributed by atoms with Crippen molar-refractivity contribution in [2.45, 2.75) is 25.3 Å². The highest BCUT2D eigenvalue weighted by Crippen LogP contribution is 2.29. The van der Waals surface area contributed by atoms with Gasteiger partial charge in [0.05, 0.1) is 21.4 Å². The maximum atomic E-state index is 6.35. The van der Waals surface area contributed by atoms with E-state index < -0.39 is 0 Å². The fraction of sp³-hybridized carbons (Fsp3) is 0.250. The van der Waals surface area contributed by atoms with E-state index in [-0.39, 0.29) is 5.38 Å². The average Bonchev–Trinajstić information content (AvgIpc) is 2.86. The molecule has 3 rings (SSSR count). The first kappa shape index (κ1) is 14.4. The summed E-state index contributed by atoms with van der Waals surface area (Å²) in [4.78, 5) is 8.76. The molecule has 21 heavy (non-hydrogen) atoms. The molecule has 0 saturated heterocycles. The van der Waals surface area contributed by atoms with Crippen LogP contribution < -0.4 is 0 Å². The number of rotatable bonds is 4. The number of benzene rings is 1. The van der Waals surface area contributed by atoms with Crippen molar-refractivity contribution in [1.29, 1.82) is 0 Å². The van der Waals surface area contributed by atoms with Crippen molar-refractivity contribution in [3.63, 3.8) is 0 Å². The molecule has 108 valence electrons. The lowest BCUT2D eigenvalue weighted by molar-refractivity contribution is 0.667. The van der Waals surface area contributed by atoms with Crippen LogP contribution in [-0.4, -0.2) is 14.5 Å². The quantitative estimate of drug-likeness (QED) is 0.656. The van der Waals surface area contributed by atoms with Gasteiger partial charge in [-0.3, -0.25) is 4.98 Å². The van der Waals surface area contributed by atoms with Crippen LogP contribution in [0.2, 0.25) is 5.02 Å². The van der Waals surface area contributed by atoms with E-state index in [2.05, 4.69) is 20.6 Å². The molecule has 5 heteroatoms. The molecule has 0 radical (unpaired) electrons. The standard InChI is InChI=1S/C16H15Cl2N3/c1-11(17)16-20-14-6-2-5-13(18)15(14)21(16)9-7-12-4-3-8-19-10-12/h2-6,8,10-11H,7,9H2,1H3. The van der Waals surface area contributed by atoms with E-state index in [4.69, 9.17) is 23.2 Å². The molecule has 0 aliphatic rings. The van der Waals surface area contributed by atoms with Crippen LogP contribution >= 0.6 is 23.2 Å². The molecule has 0 fully saturated rings. The summed E-state index contributed by atoms with van der Waals surface area (Å²) < 4.78 is 2.11. The highest BCUT2D eigenvalue weighted by atomic mass is 35.5. The lowest BCUT2D eigenvalue weighted by Crippen LogP contribution is -2.07. The van der Waals surface area contributed by atoms with Gasteiger partial charge in [0, 0.05) is 18.9 Å². The van der Waals surface area contributed by atoms with Gasteiger partial charge in [0.2, 0.25) is 0 Å². The molecule has 2 aromatic heterocycles.